The van der Waals surface area contributed by atoms with E-state index in [1.54, 1.807) is 43.3 Å². The molecule has 5 atom stereocenters. The number of benzene rings is 1. The van der Waals surface area contributed by atoms with Gasteiger partial charge in [0.1, 0.15) is 22.8 Å². The summed E-state index contributed by atoms with van der Waals surface area (Å²) < 4.78 is 35.2. The summed E-state index contributed by atoms with van der Waals surface area (Å²) in [5, 5.41) is 31.9. The van der Waals surface area contributed by atoms with Gasteiger partial charge in [0.2, 0.25) is 10.0 Å². The maximum Gasteiger partial charge on any atom is 0.217 e. The summed E-state index contributed by atoms with van der Waals surface area (Å²) in [7, 11) is -2.93. The quantitative estimate of drug-likeness (QED) is 0.399. The highest BCUT2D eigenvalue weighted by molar-refractivity contribution is 7.90. The molecule has 1 saturated carbocycles. The van der Waals surface area contributed by atoms with Crippen LogP contribution in [0.1, 0.15) is 24.1 Å². The fraction of sp³-hybridized carbons (Fsp3) is 0.280. The minimum Gasteiger partial charge on any atom is -0.476 e. The summed E-state index contributed by atoms with van der Waals surface area (Å²) in [6.07, 6.45) is 3.98. The van der Waals surface area contributed by atoms with Crippen LogP contribution >= 0.6 is 11.6 Å². The van der Waals surface area contributed by atoms with Crippen molar-refractivity contribution in [3.8, 4) is 11.8 Å². The summed E-state index contributed by atoms with van der Waals surface area (Å²) in [6.45, 7) is 5.81. The number of hydrogen-bond donors (Lipinski definition) is 3. The number of fused-ring (bicyclic) bond motifs is 3. The van der Waals surface area contributed by atoms with E-state index in [1.165, 1.54) is 31.5 Å². The Morgan fingerprint density at radius 2 is 2.03 bits per heavy atom. The third-order valence-corrected chi connectivity index (χ3v) is 8.73. The summed E-state index contributed by atoms with van der Waals surface area (Å²) in [6, 6.07) is 12.1. The lowest BCUT2D eigenvalue weighted by molar-refractivity contribution is -0.128. The highest BCUT2D eigenvalue weighted by Gasteiger charge is 2.79. The second-order valence-electron chi connectivity index (χ2n) is 8.37. The number of allylic oxidation sites excluding steroid dienone is 3. The van der Waals surface area contributed by atoms with E-state index < -0.39 is 38.5 Å². The number of rotatable bonds is 6. The van der Waals surface area contributed by atoms with Gasteiger partial charge in [0.05, 0.1) is 17.0 Å². The lowest BCUT2D eigenvalue weighted by Gasteiger charge is -2.40. The van der Waals surface area contributed by atoms with Gasteiger partial charge in [-0.2, -0.15) is 5.26 Å². The Morgan fingerprint density at radius 1 is 1.34 bits per heavy atom. The van der Waals surface area contributed by atoms with Crippen molar-refractivity contribution in [2.75, 3.05) is 7.05 Å². The second-order valence-corrected chi connectivity index (χ2v) is 10.8. The van der Waals surface area contributed by atoms with Gasteiger partial charge in [0.25, 0.3) is 0 Å². The number of hydrogen-bond acceptors (Lipinski definition) is 7. The molecule has 3 N–H and O–H groups in total. The topological polar surface area (TPSA) is 133 Å². The molecule has 35 heavy (non-hydrogen) atoms. The zero-order valence-electron chi connectivity index (χ0n) is 19.0. The Hall–Kier alpha value is -3.00. The van der Waals surface area contributed by atoms with Gasteiger partial charge >= 0.3 is 0 Å². The van der Waals surface area contributed by atoms with E-state index in [2.05, 4.69) is 16.3 Å². The normalized spacial score (nSPS) is 29.9. The van der Waals surface area contributed by atoms with Gasteiger partial charge in [0, 0.05) is 17.8 Å². The van der Waals surface area contributed by atoms with Crippen molar-refractivity contribution in [2.45, 2.75) is 35.4 Å². The molecule has 1 aliphatic carbocycles. The van der Waals surface area contributed by atoms with Crippen molar-refractivity contribution in [3.63, 3.8) is 0 Å². The largest absolute Gasteiger partial charge is 0.476 e. The minimum absolute atomic E-state index is 0.0507. The van der Waals surface area contributed by atoms with Gasteiger partial charge in [-0.15, -0.1) is 0 Å². The Morgan fingerprint density at radius 3 is 2.63 bits per heavy atom. The molecule has 4 rings (SSSR count). The second kappa shape index (κ2) is 8.90. The van der Waals surface area contributed by atoms with Crippen LogP contribution in [0.25, 0.3) is 0 Å². The van der Waals surface area contributed by atoms with E-state index in [9.17, 15) is 23.9 Å². The van der Waals surface area contributed by atoms with E-state index >= 15 is 0 Å². The molecule has 0 spiro atoms. The molecule has 0 saturated heterocycles. The molecule has 182 valence electrons. The van der Waals surface area contributed by atoms with Crippen LogP contribution in [0, 0.1) is 11.3 Å². The molecule has 2 heterocycles. The number of nitrogens with one attached hydrogen (secondary N) is 1. The summed E-state index contributed by atoms with van der Waals surface area (Å²) in [5.41, 5.74) is -3.31. The first-order valence-corrected chi connectivity index (χ1v) is 12.7. The van der Waals surface area contributed by atoms with Crippen LogP contribution in [0.15, 0.2) is 78.5 Å². The summed E-state index contributed by atoms with van der Waals surface area (Å²) in [5.74, 6) is -1.02. The van der Waals surface area contributed by atoms with Crippen molar-refractivity contribution < 1.29 is 23.4 Å². The first kappa shape index (κ1) is 25.1. The predicted octanol–water partition coefficient (Wildman–Crippen LogP) is 2.71. The maximum absolute atomic E-state index is 13.3. The number of nitrogens with zero attached hydrogens (tertiary/aromatic N) is 2. The van der Waals surface area contributed by atoms with E-state index in [0.717, 1.165) is 0 Å². The molecule has 1 aromatic carbocycles. The number of sulfonamides is 1. The molecule has 2 aromatic rings. The molecular weight excluding hydrogens is 490 g/mol. The molecule has 2 aliphatic rings. The van der Waals surface area contributed by atoms with Crippen LogP contribution in [0.3, 0.4) is 0 Å². The Labute approximate surface area is 208 Å². The van der Waals surface area contributed by atoms with Crippen LogP contribution in [0.5, 0.6) is 5.75 Å². The monoisotopic (exact) mass is 513 g/mol. The fourth-order valence-electron chi connectivity index (χ4n) is 5.12. The molecule has 10 heteroatoms. The Bertz CT molecular complexity index is 1390. The van der Waals surface area contributed by atoms with Crippen molar-refractivity contribution in [2.24, 2.45) is 0 Å². The highest BCUT2D eigenvalue weighted by Crippen LogP contribution is 2.65. The SMILES string of the molecule is C=C(/C=C\C(C#N)=C/C)[C@@]12Oc3cc(Cl)cnc3[C@]1(O)[C@H](O)[C@H](S(=O)(=O)NC)[C@H]2c1ccccc1. The van der Waals surface area contributed by atoms with E-state index in [-0.39, 0.29) is 22.0 Å². The van der Waals surface area contributed by atoms with Gasteiger partial charge in [0.15, 0.2) is 11.2 Å². The standard InChI is InChI=1S/C25H24ClN3O5S/c1-4-16(13-27)11-10-15(2)25-20(17-8-6-5-7-9-17)21(35(32,33)28-3)23(30)24(25,31)22-19(34-25)12-18(26)14-29-22/h4-12,14,20-21,23,28,30-31H,2H2,1,3H3/b11-10-,16-4+/t20-,21-,23-,24+,25+/m1/s1. The molecule has 1 aliphatic heterocycles. The molecule has 8 nitrogen and oxygen atoms in total. The number of pyridine rings is 1. The molecule has 0 bridgehead atoms. The predicted molar refractivity (Wildman–Crippen MR) is 131 cm³/mol. The molecule has 0 unspecified atom stereocenters. The highest BCUT2D eigenvalue weighted by atomic mass is 35.5. The van der Waals surface area contributed by atoms with Crippen molar-refractivity contribution >= 4 is 21.6 Å². The third-order valence-electron chi connectivity index (χ3n) is 6.71. The van der Waals surface area contributed by atoms with Gasteiger partial charge in [-0.1, -0.05) is 60.7 Å². The fourth-order valence-corrected chi connectivity index (χ4v) is 6.78. The third kappa shape index (κ3) is 3.53. The van der Waals surface area contributed by atoms with Gasteiger partial charge < -0.3 is 14.9 Å². The first-order valence-electron chi connectivity index (χ1n) is 10.7. The molecule has 0 radical (unpaired) electrons. The molecular formula is C25H24ClN3O5S. The Kier molecular flexibility index (Phi) is 6.38. The lowest BCUT2D eigenvalue weighted by atomic mass is 9.72. The number of nitriles is 1. The van der Waals surface area contributed by atoms with Crippen molar-refractivity contribution in [1.82, 2.24) is 9.71 Å². The smallest absolute Gasteiger partial charge is 0.217 e. The maximum atomic E-state index is 13.3. The van der Waals surface area contributed by atoms with Crippen molar-refractivity contribution in [1.29, 1.82) is 5.26 Å². The lowest BCUT2D eigenvalue weighted by Crippen LogP contribution is -2.55. The minimum atomic E-state index is -4.17. The van der Waals surface area contributed by atoms with Crippen LogP contribution in [0.4, 0.5) is 0 Å². The average molecular weight is 514 g/mol. The van der Waals surface area contributed by atoms with E-state index in [1.807, 2.05) is 6.07 Å². The Balaban J connectivity index is 2.07. The number of halogens is 1. The number of ether oxygens (including phenoxy) is 1. The number of aliphatic hydroxyl groups is 2. The van der Waals surface area contributed by atoms with Gasteiger partial charge in [-0.05, 0) is 31.2 Å². The molecule has 1 fully saturated rings. The summed E-state index contributed by atoms with van der Waals surface area (Å²) >= 11 is 6.13. The van der Waals surface area contributed by atoms with Crippen LogP contribution in [0.2, 0.25) is 5.02 Å². The first-order chi connectivity index (χ1) is 16.6. The van der Waals surface area contributed by atoms with E-state index in [4.69, 9.17) is 16.3 Å². The molecule has 0 amide bonds. The average Bonchev–Trinajstić information content (AvgIpc) is 3.23. The van der Waals surface area contributed by atoms with Crippen LogP contribution in [-0.4, -0.2) is 47.6 Å². The van der Waals surface area contributed by atoms with Gasteiger partial charge in [-0.3, -0.25) is 4.98 Å². The van der Waals surface area contributed by atoms with Crippen molar-refractivity contribution in [3.05, 3.63) is 94.8 Å². The molecule has 1 aromatic heterocycles. The summed E-state index contributed by atoms with van der Waals surface area (Å²) in [4.78, 5) is 4.24. The number of aromatic nitrogens is 1. The van der Waals surface area contributed by atoms with Crippen LogP contribution < -0.4 is 9.46 Å². The zero-order chi connectivity index (χ0) is 25.6. The zero-order valence-corrected chi connectivity index (χ0v) is 20.6. The van der Waals surface area contributed by atoms with Crippen LogP contribution in [-0.2, 0) is 15.6 Å². The number of aliphatic hydroxyl groups excluding tert-OH is 1. The van der Waals surface area contributed by atoms with E-state index in [0.29, 0.717) is 11.1 Å². The van der Waals surface area contributed by atoms with Gasteiger partial charge in [-0.25, -0.2) is 13.1 Å².